The van der Waals surface area contributed by atoms with Crippen LogP contribution in [-0.2, 0) is 20.7 Å². The molecule has 3 heterocycles. The molecule has 2 aliphatic heterocycles. The standard InChI is InChI=1S/C18H26N2O3/c1-14-3-2-4-17(19-14)11-15-12-20(7-10-23-13-15)18(21)16-5-8-22-9-6-16/h2-4,15-16H,5-13H2,1H3/t15-/m0/s1. The highest BCUT2D eigenvalue weighted by molar-refractivity contribution is 5.79. The van der Waals surface area contributed by atoms with Crippen LogP contribution in [0, 0.1) is 18.8 Å². The summed E-state index contributed by atoms with van der Waals surface area (Å²) >= 11 is 0. The summed E-state index contributed by atoms with van der Waals surface area (Å²) in [5, 5.41) is 0. The van der Waals surface area contributed by atoms with E-state index in [1.54, 1.807) is 0 Å². The van der Waals surface area contributed by atoms with Gasteiger partial charge in [0.05, 0.1) is 13.2 Å². The molecule has 0 aliphatic carbocycles. The number of hydrogen-bond acceptors (Lipinski definition) is 4. The monoisotopic (exact) mass is 318 g/mol. The zero-order valence-corrected chi connectivity index (χ0v) is 13.9. The fourth-order valence-corrected chi connectivity index (χ4v) is 3.42. The van der Waals surface area contributed by atoms with Crippen LogP contribution in [0.2, 0.25) is 0 Å². The van der Waals surface area contributed by atoms with Gasteiger partial charge in [-0.3, -0.25) is 9.78 Å². The number of aromatic nitrogens is 1. The lowest BCUT2D eigenvalue weighted by molar-refractivity contribution is -0.138. The smallest absolute Gasteiger partial charge is 0.225 e. The summed E-state index contributed by atoms with van der Waals surface area (Å²) in [5.41, 5.74) is 2.12. The maximum Gasteiger partial charge on any atom is 0.225 e. The highest BCUT2D eigenvalue weighted by Crippen LogP contribution is 2.20. The minimum atomic E-state index is 0.125. The van der Waals surface area contributed by atoms with Crippen molar-refractivity contribution in [3.63, 3.8) is 0 Å². The molecule has 0 aromatic carbocycles. The van der Waals surface area contributed by atoms with Gasteiger partial charge in [0.15, 0.2) is 0 Å². The van der Waals surface area contributed by atoms with Gasteiger partial charge in [-0.15, -0.1) is 0 Å². The van der Waals surface area contributed by atoms with E-state index in [1.807, 2.05) is 24.0 Å². The summed E-state index contributed by atoms with van der Waals surface area (Å²) in [6, 6.07) is 6.11. The van der Waals surface area contributed by atoms with Gasteiger partial charge in [-0.25, -0.2) is 0 Å². The number of ether oxygens (including phenoxy) is 2. The van der Waals surface area contributed by atoms with Crippen LogP contribution >= 0.6 is 0 Å². The average molecular weight is 318 g/mol. The molecule has 0 N–H and O–H groups in total. The zero-order valence-electron chi connectivity index (χ0n) is 13.9. The predicted molar refractivity (Wildman–Crippen MR) is 87.1 cm³/mol. The molecule has 0 saturated carbocycles. The van der Waals surface area contributed by atoms with Crippen molar-refractivity contribution >= 4 is 5.91 Å². The van der Waals surface area contributed by atoms with Gasteiger partial charge in [0.2, 0.25) is 5.91 Å². The molecule has 1 atom stereocenters. The van der Waals surface area contributed by atoms with Gasteiger partial charge in [0.1, 0.15) is 0 Å². The normalized spacial score (nSPS) is 23.5. The first-order chi connectivity index (χ1) is 11.2. The first-order valence-corrected chi connectivity index (χ1v) is 8.59. The summed E-state index contributed by atoms with van der Waals surface area (Å²) in [6.07, 6.45) is 2.56. The Morgan fingerprint density at radius 2 is 2.09 bits per heavy atom. The minimum absolute atomic E-state index is 0.125. The molecule has 5 nitrogen and oxygen atoms in total. The molecule has 0 bridgehead atoms. The van der Waals surface area contributed by atoms with Crippen LogP contribution in [0.1, 0.15) is 24.2 Å². The van der Waals surface area contributed by atoms with Crippen LogP contribution in [0.4, 0.5) is 0 Å². The number of rotatable bonds is 3. The Kier molecular flexibility index (Phi) is 5.62. The van der Waals surface area contributed by atoms with Crippen molar-refractivity contribution in [1.82, 2.24) is 9.88 Å². The number of carbonyl (C=O) groups excluding carboxylic acids is 1. The Balaban J connectivity index is 1.62. The second-order valence-corrected chi connectivity index (χ2v) is 6.59. The number of aryl methyl sites for hydroxylation is 1. The lowest BCUT2D eigenvalue weighted by Crippen LogP contribution is -2.41. The van der Waals surface area contributed by atoms with Crippen LogP contribution in [0.3, 0.4) is 0 Å². The Bertz CT molecular complexity index is 529. The van der Waals surface area contributed by atoms with Crippen molar-refractivity contribution in [3.8, 4) is 0 Å². The van der Waals surface area contributed by atoms with Crippen LogP contribution in [-0.4, -0.2) is 55.3 Å². The molecule has 2 aliphatic rings. The molecular formula is C18H26N2O3. The molecule has 0 spiro atoms. The third-order valence-electron chi connectivity index (χ3n) is 4.66. The Labute approximate surface area is 138 Å². The molecule has 2 fully saturated rings. The van der Waals surface area contributed by atoms with Crippen molar-refractivity contribution < 1.29 is 14.3 Å². The number of pyridine rings is 1. The summed E-state index contributed by atoms with van der Waals surface area (Å²) in [5.74, 6) is 0.719. The number of nitrogens with zero attached hydrogens (tertiary/aromatic N) is 2. The van der Waals surface area contributed by atoms with Crippen LogP contribution in [0.5, 0.6) is 0 Å². The van der Waals surface area contributed by atoms with E-state index in [0.29, 0.717) is 38.9 Å². The molecule has 2 saturated heterocycles. The van der Waals surface area contributed by atoms with Crippen LogP contribution in [0.25, 0.3) is 0 Å². The van der Waals surface area contributed by atoms with Crippen molar-refractivity contribution in [2.24, 2.45) is 11.8 Å². The highest BCUT2D eigenvalue weighted by atomic mass is 16.5. The lowest BCUT2D eigenvalue weighted by atomic mass is 9.97. The molecule has 1 amide bonds. The maximum absolute atomic E-state index is 12.8. The fraction of sp³-hybridized carbons (Fsp3) is 0.667. The van der Waals surface area contributed by atoms with E-state index in [0.717, 1.165) is 37.2 Å². The Morgan fingerprint density at radius 3 is 2.87 bits per heavy atom. The van der Waals surface area contributed by atoms with Gasteiger partial charge in [0.25, 0.3) is 0 Å². The molecule has 23 heavy (non-hydrogen) atoms. The molecule has 3 rings (SSSR count). The highest BCUT2D eigenvalue weighted by Gasteiger charge is 2.29. The number of carbonyl (C=O) groups is 1. The van der Waals surface area contributed by atoms with Crippen molar-refractivity contribution in [1.29, 1.82) is 0 Å². The quantitative estimate of drug-likeness (QED) is 0.853. The topological polar surface area (TPSA) is 51.7 Å². The fourth-order valence-electron chi connectivity index (χ4n) is 3.42. The van der Waals surface area contributed by atoms with Gasteiger partial charge < -0.3 is 14.4 Å². The van der Waals surface area contributed by atoms with E-state index in [-0.39, 0.29) is 11.8 Å². The van der Waals surface area contributed by atoms with Gasteiger partial charge in [0, 0.05) is 49.5 Å². The largest absolute Gasteiger partial charge is 0.381 e. The summed E-state index contributed by atoms with van der Waals surface area (Å²) in [7, 11) is 0. The third-order valence-corrected chi connectivity index (χ3v) is 4.66. The van der Waals surface area contributed by atoms with E-state index in [4.69, 9.17) is 9.47 Å². The predicted octanol–water partition coefficient (Wildman–Crippen LogP) is 1.83. The van der Waals surface area contributed by atoms with E-state index in [2.05, 4.69) is 11.1 Å². The third kappa shape index (κ3) is 4.52. The zero-order chi connectivity index (χ0) is 16.1. The second-order valence-electron chi connectivity index (χ2n) is 6.59. The molecule has 0 unspecified atom stereocenters. The van der Waals surface area contributed by atoms with Crippen molar-refractivity contribution in [3.05, 3.63) is 29.6 Å². The summed E-state index contributed by atoms with van der Waals surface area (Å²) in [4.78, 5) is 19.3. The Hall–Kier alpha value is -1.46. The molecule has 1 aromatic heterocycles. The van der Waals surface area contributed by atoms with Gasteiger partial charge in [-0.1, -0.05) is 6.07 Å². The van der Waals surface area contributed by atoms with E-state index in [9.17, 15) is 4.79 Å². The van der Waals surface area contributed by atoms with Gasteiger partial charge in [-0.2, -0.15) is 0 Å². The second kappa shape index (κ2) is 7.88. The first kappa shape index (κ1) is 16.4. The summed E-state index contributed by atoms with van der Waals surface area (Å²) < 4.78 is 11.1. The number of hydrogen-bond donors (Lipinski definition) is 0. The van der Waals surface area contributed by atoms with Crippen LogP contribution in [0.15, 0.2) is 18.2 Å². The van der Waals surface area contributed by atoms with Crippen LogP contribution < -0.4 is 0 Å². The molecule has 126 valence electrons. The average Bonchev–Trinajstić information content (AvgIpc) is 2.80. The molecule has 1 aromatic rings. The summed E-state index contributed by atoms with van der Waals surface area (Å²) in [6.45, 7) is 6.22. The Morgan fingerprint density at radius 1 is 1.26 bits per heavy atom. The van der Waals surface area contributed by atoms with E-state index in [1.165, 1.54) is 0 Å². The van der Waals surface area contributed by atoms with Crippen molar-refractivity contribution in [2.75, 3.05) is 39.5 Å². The minimum Gasteiger partial charge on any atom is -0.381 e. The number of amides is 1. The first-order valence-electron chi connectivity index (χ1n) is 8.59. The SMILES string of the molecule is Cc1cccc(C[C@@H]2COCCN(C(=O)C3CCOCC3)C2)n1. The van der Waals surface area contributed by atoms with Gasteiger partial charge >= 0.3 is 0 Å². The molecular weight excluding hydrogens is 292 g/mol. The maximum atomic E-state index is 12.8. The van der Waals surface area contributed by atoms with Gasteiger partial charge in [-0.05, 0) is 38.3 Å². The van der Waals surface area contributed by atoms with E-state index < -0.39 is 0 Å². The van der Waals surface area contributed by atoms with Crippen molar-refractivity contribution in [2.45, 2.75) is 26.2 Å². The molecule has 0 radical (unpaired) electrons. The molecule has 5 heteroatoms. The van der Waals surface area contributed by atoms with E-state index >= 15 is 0 Å². The lowest BCUT2D eigenvalue weighted by Gasteiger charge is -2.29.